The Balaban J connectivity index is 1.54. The highest BCUT2D eigenvalue weighted by atomic mass is 32.2. The van der Waals surface area contributed by atoms with Crippen LogP contribution in [0, 0.1) is 11.6 Å². The van der Waals surface area contributed by atoms with E-state index in [0.717, 1.165) is 13.2 Å². The lowest BCUT2D eigenvalue weighted by Gasteiger charge is -2.37. The number of aromatic nitrogens is 1. The Labute approximate surface area is 272 Å². The molecular formula is C34H37F2N5O5S. The molecule has 0 radical (unpaired) electrons. The number of amides is 2. The van der Waals surface area contributed by atoms with Gasteiger partial charge in [-0.15, -0.1) is 4.36 Å². The number of halogens is 2. The summed E-state index contributed by atoms with van der Waals surface area (Å²) in [4.78, 5) is 42.9. The molecule has 47 heavy (non-hydrogen) atoms. The number of nitrogens with zero attached hydrogens (tertiary/aromatic N) is 5. The average molecular weight is 666 g/mol. The second-order valence-corrected chi connectivity index (χ2v) is 13.9. The maximum absolute atomic E-state index is 15.8. The molecule has 248 valence electrons. The summed E-state index contributed by atoms with van der Waals surface area (Å²) in [5.41, 5.74) is -0.0825. The smallest absolute Gasteiger partial charge is 0.353 e. The minimum absolute atomic E-state index is 0.0543. The molecular weight excluding hydrogens is 628 g/mol. The van der Waals surface area contributed by atoms with Gasteiger partial charge in [0.05, 0.1) is 23.2 Å². The number of rotatable bonds is 7. The number of carbonyl (C=O) groups excluding carboxylic acids is 2. The van der Waals surface area contributed by atoms with Crippen LogP contribution in [0.25, 0.3) is 16.6 Å². The number of fused-ring (bicyclic) bond motifs is 1. The number of hydrogen-bond acceptors (Lipinski definition) is 6. The van der Waals surface area contributed by atoms with Gasteiger partial charge in [-0.05, 0) is 76.2 Å². The molecule has 1 aliphatic rings. The molecule has 1 saturated heterocycles. The van der Waals surface area contributed by atoms with Crippen LogP contribution in [0.5, 0.6) is 0 Å². The molecule has 0 bridgehead atoms. The summed E-state index contributed by atoms with van der Waals surface area (Å²) >= 11 is 0. The molecule has 13 heteroatoms. The van der Waals surface area contributed by atoms with Crippen LogP contribution in [0.4, 0.5) is 19.3 Å². The Bertz CT molecular complexity index is 1970. The van der Waals surface area contributed by atoms with Crippen LogP contribution >= 0.6 is 0 Å². The van der Waals surface area contributed by atoms with Crippen LogP contribution in [0.2, 0.25) is 0 Å². The number of esters is 1. The summed E-state index contributed by atoms with van der Waals surface area (Å²) in [6, 6.07) is 15.8. The highest BCUT2D eigenvalue weighted by Gasteiger charge is 2.31. The maximum Gasteiger partial charge on any atom is 0.353 e. The molecule has 0 unspecified atom stereocenters. The van der Waals surface area contributed by atoms with E-state index in [-0.39, 0.29) is 54.9 Å². The van der Waals surface area contributed by atoms with Crippen LogP contribution in [0.1, 0.15) is 38.1 Å². The van der Waals surface area contributed by atoms with Gasteiger partial charge < -0.3 is 19.1 Å². The fraction of sp³-hybridized carbons (Fsp3) is 0.324. The fourth-order valence-corrected chi connectivity index (χ4v) is 7.87. The van der Waals surface area contributed by atoms with Gasteiger partial charge in [-0.1, -0.05) is 18.2 Å². The van der Waals surface area contributed by atoms with Gasteiger partial charge in [0.15, 0.2) is 0 Å². The van der Waals surface area contributed by atoms with E-state index in [9.17, 15) is 23.0 Å². The molecule has 1 atom stereocenters. The fourth-order valence-electron chi connectivity index (χ4n) is 5.87. The Kier molecular flexibility index (Phi) is 9.78. The second-order valence-electron chi connectivity index (χ2n) is 11.7. The monoisotopic (exact) mass is 665 g/mol. The maximum atomic E-state index is 15.8. The van der Waals surface area contributed by atoms with Gasteiger partial charge in [0.25, 0.3) is 0 Å². The largest absolute Gasteiger partial charge is 0.465 e. The summed E-state index contributed by atoms with van der Waals surface area (Å²) in [5, 5.41) is -0.0543. The van der Waals surface area contributed by atoms with E-state index in [2.05, 4.69) is 4.36 Å². The van der Waals surface area contributed by atoms with Gasteiger partial charge >= 0.3 is 12.0 Å². The van der Waals surface area contributed by atoms with Crippen LogP contribution in [0.15, 0.2) is 87.0 Å². The first-order valence-electron chi connectivity index (χ1n) is 15.2. The standard InChI is InChI=1S/C34H37F2N5O5S/c1-22(2)41(23(3)4)34(44)37-47(45,26-9-7-6-8-10-26)39-17-15-38(16-18-39)31-20-30-27(19-29(31)36)32(42)28(33(43)46-5)21-40(30)25-13-11-24(35)12-14-25/h6-14,19-23H,15-18H2,1-5H3/t47-/m0/s1. The second kappa shape index (κ2) is 13.6. The number of hydrogen-bond donors (Lipinski definition) is 0. The number of benzene rings is 3. The first-order chi connectivity index (χ1) is 22.3. The van der Waals surface area contributed by atoms with Crippen molar-refractivity contribution in [2.24, 2.45) is 4.36 Å². The number of urea groups is 1. The zero-order chi connectivity index (χ0) is 34.0. The molecule has 1 aromatic heterocycles. The summed E-state index contributed by atoms with van der Waals surface area (Å²) in [7, 11) is -2.23. The molecule has 0 saturated carbocycles. The van der Waals surface area contributed by atoms with E-state index in [1.54, 1.807) is 44.4 Å². The molecule has 1 aliphatic heterocycles. The van der Waals surface area contributed by atoms with Gasteiger partial charge in [-0.3, -0.25) is 4.79 Å². The van der Waals surface area contributed by atoms with Gasteiger partial charge in [0.1, 0.15) is 27.1 Å². The Hall–Kier alpha value is -4.62. The molecule has 2 heterocycles. The molecule has 4 aromatic rings. The third-order valence-corrected chi connectivity index (χ3v) is 10.5. The molecule has 3 aromatic carbocycles. The predicted molar refractivity (Wildman–Crippen MR) is 177 cm³/mol. The Morgan fingerprint density at radius 1 is 0.915 bits per heavy atom. The van der Waals surface area contributed by atoms with Gasteiger partial charge in [-0.2, -0.15) is 0 Å². The van der Waals surface area contributed by atoms with E-state index >= 15 is 4.39 Å². The molecule has 5 rings (SSSR count). The zero-order valence-corrected chi connectivity index (χ0v) is 27.7. The van der Waals surface area contributed by atoms with Crippen molar-refractivity contribution in [3.63, 3.8) is 0 Å². The van der Waals surface area contributed by atoms with Crippen molar-refractivity contribution in [3.8, 4) is 5.69 Å². The van der Waals surface area contributed by atoms with Crippen molar-refractivity contribution >= 4 is 38.5 Å². The number of carbonyl (C=O) groups is 2. The van der Waals surface area contributed by atoms with Crippen LogP contribution in [-0.2, 0) is 14.7 Å². The summed E-state index contributed by atoms with van der Waals surface area (Å²) < 4.78 is 56.5. The quantitative estimate of drug-likeness (QED) is 0.229. The normalized spacial score (nSPS) is 15.1. The Morgan fingerprint density at radius 3 is 2.11 bits per heavy atom. The van der Waals surface area contributed by atoms with Crippen LogP contribution < -0.4 is 10.3 Å². The highest BCUT2D eigenvalue weighted by molar-refractivity contribution is 7.91. The van der Waals surface area contributed by atoms with Gasteiger partial charge in [0.2, 0.25) is 5.43 Å². The third kappa shape index (κ3) is 6.63. The Morgan fingerprint density at radius 2 is 1.53 bits per heavy atom. The van der Waals surface area contributed by atoms with E-state index in [1.165, 1.54) is 41.1 Å². The van der Waals surface area contributed by atoms with Crippen molar-refractivity contribution in [1.82, 2.24) is 13.8 Å². The lowest BCUT2D eigenvalue weighted by molar-refractivity contribution is 0.0598. The van der Waals surface area contributed by atoms with E-state index < -0.39 is 39.0 Å². The average Bonchev–Trinajstić information content (AvgIpc) is 3.05. The first-order valence-corrected chi connectivity index (χ1v) is 16.7. The van der Waals surface area contributed by atoms with E-state index in [0.29, 0.717) is 16.1 Å². The van der Waals surface area contributed by atoms with E-state index in [1.807, 2.05) is 27.7 Å². The number of piperazine rings is 1. The van der Waals surface area contributed by atoms with Gasteiger partial charge in [-0.25, -0.2) is 26.9 Å². The molecule has 0 aliphatic carbocycles. The van der Waals surface area contributed by atoms with E-state index in [4.69, 9.17) is 4.74 Å². The molecule has 0 spiro atoms. The number of anilines is 1. The third-order valence-electron chi connectivity index (χ3n) is 8.10. The summed E-state index contributed by atoms with van der Waals surface area (Å²) in [6.45, 7) is 8.35. The summed E-state index contributed by atoms with van der Waals surface area (Å²) in [6.07, 6.45) is 1.30. The summed E-state index contributed by atoms with van der Waals surface area (Å²) in [5.74, 6) is -2.05. The van der Waals surface area contributed by atoms with Crippen molar-refractivity contribution in [2.75, 3.05) is 38.2 Å². The van der Waals surface area contributed by atoms with Crippen molar-refractivity contribution in [1.29, 1.82) is 0 Å². The molecule has 2 amide bonds. The topological polar surface area (TPSA) is 105 Å². The van der Waals surface area contributed by atoms with Gasteiger partial charge in [0, 0.05) is 55.5 Å². The minimum atomic E-state index is -3.37. The zero-order valence-electron chi connectivity index (χ0n) is 26.9. The number of methoxy groups -OCH3 is 1. The van der Waals surface area contributed by atoms with Crippen LogP contribution in [0.3, 0.4) is 0 Å². The van der Waals surface area contributed by atoms with Crippen molar-refractivity contribution < 1.29 is 27.3 Å². The minimum Gasteiger partial charge on any atom is -0.465 e. The molecule has 0 N–H and O–H groups in total. The van der Waals surface area contributed by atoms with Crippen LogP contribution in [-0.4, -0.2) is 75.4 Å². The number of pyridine rings is 1. The number of ether oxygens (including phenoxy) is 1. The lowest BCUT2D eigenvalue weighted by Crippen LogP contribution is -2.49. The molecule has 1 fully saturated rings. The predicted octanol–water partition coefficient (Wildman–Crippen LogP) is 5.86. The van der Waals surface area contributed by atoms with Crippen molar-refractivity contribution in [3.05, 3.63) is 100 Å². The lowest BCUT2D eigenvalue weighted by atomic mass is 10.1. The molecule has 10 nitrogen and oxygen atoms in total. The van der Waals surface area contributed by atoms with Crippen molar-refractivity contribution in [2.45, 2.75) is 44.7 Å². The SMILES string of the molecule is COC(=O)c1cn(-c2ccc(F)cc2)c2cc(N3CCN([S@@](=O)(=NC(=O)N(C(C)C)C(C)C)c4ccccc4)CC3)c(F)cc2c1=O. The first kappa shape index (κ1) is 33.7. The highest BCUT2D eigenvalue weighted by Crippen LogP contribution is 2.30.